The van der Waals surface area contributed by atoms with Crippen LogP contribution < -0.4 is 0 Å². The first-order valence-electron chi connectivity index (χ1n) is 18.3. The highest BCUT2D eigenvalue weighted by Gasteiger charge is 2.18. The minimum Gasteiger partial charge on any atom is -0.208 e. The molecule has 0 fully saturated rings. The topological polar surface area (TPSA) is 38.7 Å². The van der Waals surface area contributed by atoms with Crippen molar-refractivity contribution in [2.75, 3.05) is 0 Å². The van der Waals surface area contributed by atoms with E-state index in [1.54, 1.807) is 0 Å². The van der Waals surface area contributed by atoms with Gasteiger partial charge < -0.3 is 0 Å². The van der Waals surface area contributed by atoms with E-state index in [2.05, 4.69) is 176 Å². The number of rotatable bonds is 6. The Morgan fingerprint density at radius 3 is 1.28 bits per heavy atom. The van der Waals surface area contributed by atoms with Gasteiger partial charge in [0, 0.05) is 16.7 Å². The number of aromatic nitrogens is 3. The monoisotopic (exact) mass is 687 g/mol. The van der Waals surface area contributed by atoms with E-state index in [0.717, 1.165) is 50.1 Å². The van der Waals surface area contributed by atoms with E-state index in [4.69, 9.17) is 15.0 Å². The lowest BCUT2D eigenvalue weighted by molar-refractivity contribution is 1.07. The van der Waals surface area contributed by atoms with E-state index in [9.17, 15) is 0 Å². The molecule has 252 valence electrons. The normalized spacial score (nSPS) is 11.3. The average molecular weight is 688 g/mol. The van der Waals surface area contributed by atoms with Crippen LogP contribution in [0.5, 0.6) is 0 Å². The van der Waals surface area contributed by atoms with E-state index in [1.807, 2.05) is 24.3 Å². The summed E-state index contributed by atoms with van der Waals surface area (Å²) in [5, 5.41) is 7.58. The van der Waals surface area contributed by atoms with Crippen molar-refractivity contribution in [2.24, 2.45) is 0 Å². The Labute approximate surface area is 313 Å². The summed E-state index contributed by atoms with van der Waals surface area (Å²) >= 11 is 0. The highest BCUT2D eigenvalue weighted by molar-refractivity contribution is 6.25. The predicted molar refractivity (Wildman–Crippen MR) is 225 cm³/mol. The van der Waals surface area contributed by atoms with Crippen LogP contribution >= 0.6 is 0 Å². The number of nitrogens with zero attached hydrogens (tertiary/aromatic N) is 3. The van der Waals surface area contributed by atoms with Gasteiger partial charge in [-0.25, -0.2) is 15.0 Å². The molecule has 9 aromatic carbocycles. The molecule has 0 atom stereocenters. The maximum absolute atomic E-state index is 5.20. The number of fused-ring (bicyclic) bond motifs is 6. The van der Waals surface area contributed by atoms with Crippen LogP contribution in [0, 0.1) is 0 Å². The summed E-state index contributed by atoms with van der Waals surface area (Å²) in [6.07, 6.45) is 0. The van der Waals surface area contributed by atoms with E-state index in [1.165, 1.54) is 32.3 Å². The first-order chi connectivity index (χ1) is 26.8. The van der Waals surface area contributed by atoms with Crippen molar-refractivity contribution in [1.82, 2.24) is 15.0 Å². The van der Waals surface area contributed by atoms with Gasteiger partial charge in [0.2, 0.25) is 0 Å². The molecule has 1 heterocycles. The van der Waals surface area contributed by atoms with Crippen molar-refractivity contribution in [3.63, 3.8) is 0 Å². The van der Waals surface area contributed by atoms with Crippen molar-refractivity contribution < 1.29 is 0 Å². The van der Waals surface area contributed by atoms with Crippen LogP contribution in [0.3, 0.4) is 0 Å². The zero-order chi connectivity index (χ0) is 35.8. The van der Waals surface area contributed by atoms with Gasteiger partial charge in [0.05, 0.1) is 0 Å². The van der Waals surface area contributed by atoms with Crippen molar-refractivity contribution in [2.45, 2.75) is 0 Å². The summed E-state index contributed by atoms with van der Waals surface area (Å²) in [5.41, 5.74) is 9.57. The first kappa shape index (κ1) is 31.5. The molecule has 0 aliphatic rings. The van der Waals surface area contributed by atoms with Crippen LogP contribution in [-0.4, -0.2) is 15.0 Å². The Kier molecular flexibility index (Phi) is 7.81. The minimum atomic E-state index is 0.630. The molecule has 0 amide bonds. The van der Waals surface area contributed by atoms with Gasteiger partial charge in [-0.05, 0) is 77.8 Å². The highest BCUT2D eigenvalue weighted by atomic mass is 15.0. The van der Waals surface area contributed by atoms with Crippen molar-refractivity contribution in [1.29, 1.82) is 0 Å². The average Bonchev–Trinajstić information content (AvgIpc) is 3.27. The third kappa shape index (κ3) is 5.60. The molecule has 3 heteroatoms. The summed E-state index contributed by atoms with van der Waals surface area (Å²) in [6.45, 7) is 0. The SMILES string of the molecule is c1ccc(-c2cccc(-c3nc(-c4ccccc4)nc(-c4ccccc4-c4ccccc4-c4ccc5c6ccccc6c6ccccc6c5c4)n3)c2)cc1. The summed E-state index contributed by atoms with van der Waals surface area (Å²) in [4.78, 5) is 15.4. The molecule has 0 saturated carbocycles. The van der Waals surface area contributed by atoms with Gasteiger partial charge in [-0.3, -0.25) is 0 Å². The highest BCUT2D eigenvalue weighted by Crippen LogP contribution is 2.41. The molecule has 0 unspecified atom stereocenters. The molecule has 0 saturated heterocycles. The lowest BCUT2D eigenvalue weighted by Crippen LogP contribution is -2.01. The van der Waals surface area contributed by atoms with Gasteiger partial charge in [0.1, 0.15) is 0 Å². The zero-order valence-corrected chi connectivity index (χ0v) is 29.4. The molecule has 10 rings (SSSR count). The third-order valence-corrected chi connectivity index (χ3v) is 10.3. The fourth-order valence-electron chi connectivity index (χ4n) is 7.77. The van der Waals surface area contributed by atoms with Crippen molar-refractivity contribution >= 4 is 32.3 Å². The summed E-state index contributed by atoms with van der Waals surface area (Å²) < 4.78 is 0. The molecule has 0 N–H and O–H groups in total. The molecule has 3 nitrogen and oxygen atoms in total. The first-order valence-corrected chi connectivity index (χ1v) is 18.3. The van der Waals surface area contributed by atoms with Crippen molar-refractivity contribution in [3.05, 3.63) is 200 Å². The number of hydrogen-bond donors (Lipinski definition) is 0. The fraction of sp³-hybridized carbons (Fsp3) is 0. The van der Waals surface area contributed by atoms with Gasteiger partial charge in [-0.15, -0.1) is 0 Å². The van der Waals surface area contributed by atoms with Crippen LogP contribution in [0.15, 0.2) is 200 Å². The van der Waals surface area contributed by atoms with Gasteiger partial charge in [-0.2, -0.15) is 0 Å². The second-order valence-corrected chi connectivity index (χ2v) is 13.6. The largest absolute Gasteiger partial charge is 0.208 e. The van der Waals surface area contributed by atoms with Gasteiger partial charge in [-0.1, -0.05) is 188 Å². The standard InChI is InChI=1S/C51H33N3/c1-3-16-34(17-4-1)36-20-15-21-38(32-36)50-52-49(35-18-5-2-6-19-35)53-51(54-50)47-29-14-13-27-44(47)40-23-8-7-22-39(40)37-30-31-46-43-26-10-9-24-41(43)42-25-11-12-28-45(42)48(46)33-37/h1-33H. The van der Waals surface area contributed by atoms with Crippen LogP contribution in [0.4, 0.5) is 0 Å². The smallest absolute Gasteiger partial charge is 0.164 e. The van der Waals surface area contributed by atoms with Crippen LogP contribution in [0.1, 0.15) is 0 Å². The Morgan fingerprint density at radius 2 is 0.630 bits per heavy atom. The van der Waals surface area contributed by atoms with E-state index in [-0.39, 0.29) is 0 Å². The molecule has 54 heavy (non-hydrogen) atoms. The van der Waals surface area contributed by atoms with Gasteiger partial charge in [0.15, 0.2) is 17.5 Å². The zero-order valence-electron chi connectivity index (χ0n) is 29.4. The second-order valence-electron chi connectivity index (χ2n) is 13.6. The Hall–Kier alpha value is -7.23. The number of hydrogen-bond acceptors (Lipinski definition) is 3. The molecular weight excluding hydrogens is 655 g/mol. The van der Waals surface area contributed by atoms with Crippen LogP contribution in [-0.2, 0) is 0 Å². The quantitative estimate of drug-likeness (QED) is 0.163. The third-order valence-electron chi connectivity index (χ3n) is 10.3. The van der Waals surface area contributed by atoms with Crippen molar-refractivity contribution in [3.8, 4) is 67.5 Å². The molecule has 0 radical (unpaired) electrons. The lowest BCUT2D eigenvalue weighted by Gasteiger charge is -2.16. The molecule has 10 aromatic rings. The van der Waals surface area contributed by atoms with Gasteiger partial charge in [0.25, 0.3) is 0 Å². The molecular formula is C51H33N3. The molecule has 0 bridgehead atoms. The molecule has 1 aromatic heterocycles. The molecule has 0 spiro atoms. The van der Waals surface area contributed by atoms with Gasteiger partial charge >= 0.3 is 0 Å². The fourth-order valence-corrected chi connectivity index (χ4v) is 7.77. The summed E-state index contributed by atoms with van der Waals surface area (Å²) in [5.74, 6) is 1.90. The summed E-state index contributed by atoms with van der Waals surface area (Å²) in [7, 11) is 0. The predicted octanol–water partition coefficient (Wildman–Crippen LogP) is 13.3. The van der Waals surface area contributed by atoms with E-state index < -0.39 is 0 Å². The lowest BCUT2D eigenvalue weighted by atomic mass is 9.88. The maximum atomic E-state index is 5.20. The molecule has 0 aliphatic heterocycles. The number of benzene rings is 9. The minimum absolute atomic E-state index is 0.630. The Morgan fingerprint density at radius 1 is 0.204 bits per heavy atom. The summed E-state index contributed by atoms with van der Waals surface area (Å²) in [6, 6.07) is 70.5. The van der Waals surface area contributed by atoms with Crippen LogP contribution in [0.2, 0.25) is 0 Å². The van der Waals surface area contributed by atoms with E-state index >= 15 is 0 Å². The van der Waals surface area contributed by atoms with Crippen LogP contribution in [0.25, 0.3) is 99.9 Å². The Bertz CT molecular complexity index is 2950. The van der Waals surface area contributed by atoms with E-state index in [0.29, 0.717) is 17.5 Å². The molecule has 0 aliphatic carbocycles. The second kappa shape index (κ2) is 13.4. The Balaban J connectivity index is 1.15. The maximum Gasteiger partial charge on any atom is 0.164 e.